The average molecular weight is 384 g/mol. The maximum atomic E-state index is 14.6. The van der Waals surface area contributed by atoms with Crippen molar-refractivity contribution in [3.8, 4) is 0 Å². The first kappa shape index (κ1) is 19.7. The number of nitrogens with zero attached hydrogens (tertiary/aromatic N) is 2. The van der Waals surface area contributed by atoms with Crippen molar-refractivity contribution in [1.82, 2.24) is 9.80 Å². The van der Waals surface area contributed by atoms with Crippen LogP contribution < -0.4 is 0 Å². The fraction of sp³-hybridized carbons (Fsp3) is 0.500. The van der Waals surface area contributed by atoms with Gasteiger partial charge in [0.15, 0.2) is 6.23 Å². The van der Waals surface area contributed by atoms with Crippen LogP contribution in [0.25, 0.3) is 0 Å². The molecule has 0 aliphatic carbocycles. The third-order valence-corrected chi connectivity index (χ3v) is 4.67. The van der Waals surface area contributed by atoms with Gasteiger partial charge in [-0.3, -0.25) is 4.90 Å². The molecule has 2 amide bonds. The van der Waals surface area contributed by atoms with Gasteiger partial charge in [0, 0.05) is 18.3 Å². The third kappa shape index (κ3) is 3.81. The summed E-state index contributed by atoms with van der Waals surface area (Å²) >= 11 is 0. The van der Waals surface area contributed by atoms with Crippen LogP contribution in [-0.2, 0) is 10.7 Å². The lowest BCUT2D eigenvalue weighted by Crippen LogP contribution is -2.54. The smallest absolute Gasteiger partial charge is 0.326 e. The van der Waals surface area contributed by atoms with Crippen molar-refractivity contribution >= 4 is 6.03 Å². The zero-order valence-corrected chi connectivity index (χ0v) is 14.7. The number of hydrogen-bond acceptors (Lipinski definition) is 5. The summed E-state index contributed by atoms with van der Waals surface area (Å²) in [6.45, 7) is 0.280. The normalized spacial score (nSPS) is 29.3. The van der Waals surface area contributed by atoms with Gasteiger partial charge in [-0.25, -0.2) is 4.79 Å². The number of urea groups is 1. The van der Waals surface area contributed by atoms with E-state index in [4.69, 9.17) is 4.74 Å². The molecule has 3 rings (SSSR count). The first-order valence-corrected chi connectivity index (χ1v) is 8.55. The molecule has 9 heteroatoms. The number of hydrogen-bond donors (Lipinski definition) is 3. The molecule has 27 heavy (non-hydrogen) atoms. The van der Waals surface area contributed by atoms with E-state index >= 15 is 0 Å². The van der Waals surface area contributed by atoms with E-state index in [0.29, 0.717) is 5.57 Å². The van der Waals surface area contributed by atoms with Crippen molar-refractivity contribution in [3.05, 3.63) is 47.7 Å². The Bertz CT molecular complexity index is 715. The highest BCUT2D eigenvalue weighted by Gasteiger charge is 2.48. The van der Waals surface area contributed by atoms with Crippen molar-refractivity contribution in [2.75, 3.05) is 19.7 Å². The Balaban J connectivity index is 1.80. The molecular formula is C18H22F2N2O5. The zero-order valence-electron chi connectivity index (χ0n) is 14.7. The second kappa shape index (κ2) is 7.51. The van der Waals surface area contributed by atoms with Gasteiger partial charge in [0.1, 0.15) is 18.3 Å². The van der Waals surface area contributed by atoms with Crippen LogP contribution in [0.4, 0.5) is 13.6 Å². The summed E-state index contributed by atoms with van der Waals surface area (Å²) in [6, 6.07) is 6.44. The maximum Gasteiger partial charge on any atom is 0.326 e. The Labute approximate surface area is 155 Å². The lowest BCUT2D eigenvalue weighted by Gasteiger charge is -2.38. The summed E-state index contributed by atoms with van der Waals surface area (Å²) < 4.78 is 34.6. The van der Waals surface area contributed by atoms with Crippen molar-refractivity contribution in [2.24, 2.45) is 0 Å². The molecule has 1 aromatic carbocycles. The second-order valence-electron chi connectivity index (χ2n) is 6.82. The Hall–Kier alpha value is -2.07. The van der Waals surface area contributed by atoms with E-state index in [2.05, 4.69) is 0 Å². The van der Waals surface area contributed by atoms with E-state index in [-0.39, 0.29) is 12.1 Å². The number of carbonyl (C=O) groups is 1. The molecule has 1 fully saturated rings. The predicted octanol–water partition coefficient (Wildman–Crippen LogP) is 0.859. The van der Waals surface area contributed by atoms with Crippen LogP contribution in [0.3, 0.4) is 0 Å². The molecule has 3 N–H and O–H groups in total. The quantitative estimate of drug-likeness (QED) is 0.700. The van der Waals surface area contributed by atoms with Gasteiger partial charge in [0.25, 0.3) is 5.92 Å². The molecular weight excluding hydrogens is 362 g/mol. The van der Waals surface area contributed by atoms with E-state index in [0.717, 1.165) is 9.80 Å². The van der Waals surface area contributed by atoms with Crippen LogP contribution in [0.5, 0.6) is 0 Å². The Morgan fingerprint density at radius 2 is 1.89 bits per heavy atom. The number of aliphatic hydroxyl groups excluding tert-OH is 3. The lowest BCUT2D eigenvalue weighted by molar-refractivity contribution is -0.0772. The standard InChI is InChI=1S/C18H22F2N2O5/c1-11-7-21(10-18(19,20)12-5-3-2-4-6-12)17(26)22(8-11)16-15(25)14(24)13(9-23)27-16/h2-6,8,13-16,23-25H,7,9-10H2,1H3/t13-,14+,15+,16-/m1/s1. The van der Waals surface area contributed by atoms with Crippen LogP contribution in [0.15, 0.2) is 42.1 Å². The van der Waals surface area contributed by atoms with Gasteiger partial charge in [-0.2, -0.15) is 8.78 Å². The summed E-state index contributed by atoms with van der Waals surface area (Å²) in [6.07, 6.45) is -3.78. The lowest BCUT2D eigenvalue weighted by atomic mass is 10.1. The number of ether oxygens (including phenoxy) is 1. The summed E-state index contributed by atoms with van der Waals surface area (Å²) in [7, 11) is 0. The zero-order chi connectivity index (χ0) is 19.8. The van der Waals surface area contributed by atoms with Gasteiger partial charge >= 0.3 is 6.03 Å². The van der Waals surface area contributed by atoms with Crippen LogP contribution in [0.1, 0.15) is 12.5 Å². The summed E-state index contributed by atoms with van der Waals surface area (Å²) in [5, 5.41) is 29.2. The molecule has 2 heterocycles. The van der Waals surface area contributed by atoms with E-state index < -0.39 is 49.6 Å². The van der Waals surface area contributed by atoms with Gasteiger partial charge in [0.05, 0.1) is 13.2 Å². The largest absolute Gasteiger partial charge is 0.394 e. The molecule has 1 saturated heterocycles. The first-order valence-electron chi connectivity index (χ1n) is 8.55. The first-order chi connectivity index (χ1) is 12.7. The molecule has 0 unspecified atom stereocenters. The number of rotatable bonds is 5. The number of aliphatic hydroxyl groups is 3. The van der Waals surface area contributed by atoms with Crippen molar-refractivity contribution in [3.63, 3.8) is 0 Å². The highest BCUT2D eigenvalue weighted by molar-refractivity contribution is 5.77. The molecule has 0 bridgehead atoms. The van der Waals surface area contributed by atoms with E-state index in [1.807, 2.05) is 0 Å². The minimum absolute atomic E-state index is 0.00650. The highest BCUT2D eigenvalue weighted by Crippen LogP contribution is 2.32. The Morgan fingerprint density at radius 3 is 2.48 bits per heavy atom. The predicted molar refractivity (Wildman–Crippen MR) is 90.7 cm³/mol. The number of carbonyl (C=O) groups excluding carboxylic acids is 1. The second-order valence-corrected chi connectivity index (χ2v) is 6.82. The van der Waals surface area contributed by atoms with Crippen LogP contribution in [0, 0.1) is 0 Å². The minimum atomic E-state index is -3.26. The number of benzene rings is 1. The van der Waals surface area contributed by atoms with Gasteiger partial charge < -0.3 is 25.0 Å². The molecule has 0 saturated carbocycles. The molecule has 2 aliphatic heterocycles. The van der Waals surface area contributed by atoms with Crippen molar-refractivity contribution < 1.29 is 33.6 Å². The summed E-state index contributed by atoms with van der Waals surface area (Å²) in [4.78, 5) is 14.7. The Morgan fingerprint density at radius 1 is 1.22 bits per heavy atom. The molecule has 2 aliphatic rings. The SMILES string of the molecule is CC1=CN([C@@H]2O[C@H](CO)[C@H](O)[C@@H]2O)C(=O)N(CC(F)(F)c2ccccc2)C1. The van der Waals surface area contributed by atoms with E-state index in [1.165, 1.54) is 30.5 Å². The highest BCUT2D eigenvalue weighted by atomic mass is 19.3. The van der Waals surface area contributed by atoms with Gasteiger partial charge in [-0.1, -0.05) is 30.3 Å². The number of halogens is 2. The molecule has 7 nitrogen and oxygen atoms in total. The minimum Gasteiger partial charge on any atom is -0.394 e. The summed E-state index contributed by atoms with van der Waals surface area (Å²) in [5.41, 5.74) is 0.403. The topological polar surface area (TPSA) is 93.5 Å². The molecule has 148 valence electrons. The molecule has 1 aromatic rings. The van der Waals surface area contributed by atoms with Crippen LogP contribution in [-0.4, -0.2) is 75.4 Å². The fourth-order valence-corrected chi connectivity index (χ4v) is 3.29. The van der Waals surface area contributed by atoms with E-state index in [1.54, 1.807) is 13.0 Å². The fourth-order valence-electron chi connectivity index (χ4n) is 3.29. The van der Waals surface area contributed by atoms with Crippen molar-refractivity contribution in [1.29, 1.82) is 0 Å². The van der Waals surface area contributed by atoms with Gasteiger partial charge in [-0.15, -0.1) is 0 Å². The van der Waals surface area contributed by atoms with E-state index in [9.17, 15) is 28.9 Å². The molecule has 4 atom stereocenters. The molecule has 0 radical (unpaired) electrons. The number of alkyl halides is 2. The summed E-state index contributed by atoms with van der Waals surface area (Å²) in [5.74, 6) is -3.26. The molecule has 0 spiro atoms. The van der Waals surface area contributed by atoms with Gasteiger partial charge in [0.2, 0.25) is 0 Å². The molecule has 0 aromatic heterocycles. The Kier molecular flexibility index (Phi) is 5.48. The monoisotopic (exact) mass is 384 g/mol. The van der Waals surface area contributed by atoms with Crippen LogP contribution >= 0.6 is 0 Å². The third-order valence-electron chi connectivity index (χ3n) is 4.67. The average Bonchev–Trinajstić information content (AvgIpc) is 2.93. The maximum absolute atomic E-state index is 14.6. The number of amides is 2. The van der Waals surface area contributed by atoms with Crippen LogP contribution in [0.2, 0.25) is 0 Å². The van der Waals surface area contributed by atoms with Crippen molar-refractivity contribution in [2.45, 2.75) is 37.4 Å². The van der Waals surface area contributed by atoms with Gasteiger partial charge in [-0.05, 0) is 12.5 Å².